The number of aryl methyl sites for hydroxylation is 2. The van der Waals surface area contributed by atoms with Crippen molar-refractivity contribution in [3.8, 4) is 6.07 Å². The van der Waals surface area contributed by atoms with Crippen LogP contribution in [0.4, 0.5) is 10.7 Å². The van der Waals surface area contributed by atoms with E-state index in [-0.39, 0.29) is 17.4 Å². The first kappa shape index (κ1) is 18.2. The predicted molar refractivity (Wildman–Crippen MR) is 99.3 cm³/mol. The Bertz CT molecular complexity index is 915. The molecule has 1 atom stereocenters. The van der Waals surface area contributed by atoms with Crippen molar-refractivity contribution < 1.29 is 9.90 Å². The van der Waals surface area contributed by atoms with Gasteiger partial charge in [-0.25, -0.2) is 19.8 Å². The Morgan fingerprint density at radius 2 is 1.89 bits per heavy atom. The highest BCUT2D eigenvalue weighted by molar-refractivity contribution is 5.79. The number of nitrogens with zero attached hydrogens (tertiary/aromatic N) is 5. The maximum absolute atomic E-state index is 12.9. The van der Waals surface area contributed by atoms with Crippen molar-refractivity contribution in [2.45, 2.75) is 26.8 Å². The van der Waals surface area contributed by atoms with Crippen LogP contribution >= 0.6 is 0 Å². The first-order valence-corrected chi connectivity index (χ1v) is 8.55. The number of carbonyl (C=O) groups excluding carboxylic acids is 1. The van der Waals surface area contributed by atoms with Gasteiger partial charge in [-0.05, 0) is 32.4 Å². The van der Waals surface area contributed by atoms with Gasteiger partial charge in [0, 0.05) is 17.9 Å². The molecule has 2 aromatic rings. The van der Waals surface area contributed by atoms with Crippen molar-refractivity contribution in [1.82, 2.24) is 20.3 Å². The Morgan fingerprint density at radius 3 is 2.44 bits per heavy atom. The molecule has 0 saturated heterocycles. The molecule has 0 unspecified atom stereocenters. The molecule has 2 N–H and O–H groups in total. The number of amides is 2. The second-order valence-electron chi connectivity index (χ2n) is 6.10. The fourth-order valence-corrected chi connectivity index (χ4v) is 3.06. The zero-order valence-corrected chi connectivity index (χ0v) is 15.3. The van der Waals surface area contributed by atoms with Gasteiger partial charge in [0.2, 0.25) is 5.88 Å². The molecule has 1 aromatic heterocycles. The van der Waals surface area contributed by atoms with Crippen LogP contribution in [0.25, 0.3) is 0 Å². The van der Waals surface area contributed by atoms with Crippen molar-refractivity contribution in [2.75, 3.05) is 11.6 Å². The molecule has 1 aliphatic rings. The molecule has 0 radical (unpaired) electrons. The molecule has 1 aliphatic heterocycles. The third-order valence-corrected chi connectivity index (χ3v) is 4.11. The lowest BCUT2D eigenvalue weighted by molar-refractivity contribution is 0.182. The Labute approximate surface area is 157 Å². The number of anilines is 1. The predicted octanol–water partition coefficient (Wildman–Crippen LogP) is 2.89. The molecule has 0 spiro atoms. The number of benzene rings is 1. The third-order valence-electron chi connectivity index (χ3n) is 4.11. The minimum Gasteiger partial charge on any atom is -0.492 e. The summed E-state index contributed by atoms with van der Waals surface area (Å²) in [6.07, 6.45) is 0. The SMILES string of the molecule is CCNC(=O)N1[C@@H](c2ccccc2)C(C#N)=C(O)N1c1nc(C)cc(C)n1. The molecule has 3 rings (SSSR count). The summed E-state index contributed by atoms with van der Waals surface area (Å²) in [5.41, 5.74) is 2.11. The minimum atomic E-state index is -0.785. The summed E-state index contributed by atoms with van der Waals surface area (Å²) in [5.74, 6) is -0.231. The van der Waals surface area contributed by atoms with E-state index in [2.05, 4.69) is 15.3 Å². The summed E-state index contributed by atoms with van der Waals surface area (Å²) in [4.78, 5) is 21.6. The van der Waals surface area contributed by atoms with Crippen LogP contribution in [0.1, 0.15) is 29.9 Å². The molecule has 0 fully saturated rings. The summed E-state index contributed by atoms with van der Waals surface area (Å²) in [5, 5.41) is 25.7. The number of hydrazine groups is 1. The third kappa shape index (κ3) is 3.27. The van der Waals surface area contributed by atoms with E-state index < -0.39 is 12.1 Å². The van der Waals surface area contributed by atoms with Gasteiger partial charge < -0.3 is 10.4 Å². The highest BCUT2D eigenvalue weighted by Crippen LogP contribution is 2.40. The number of urea groups is 1. The summed E-state index contributed by atoms with van der Waals surface area (Å²) < 4.78 is 0. The number of rotatable bonds is 3. The van der Waals surface area contributed by atoms with Gasteiger partial charge in [-0.1, -0.05) is 30.3 Å². The molecule has 138 valence electrons. The van der Waals surface area contributed by atoms with Crippen molar-refractivity contribution in [3.05, 3.63) is 64.8 Å². The van der Waals surface area contributed by atoms with Gasteiger partial charge in [-0.3, -0.25) is 0 Å². The topological polar surface area (TPSA) is 105 Å². The van der Waals surface area contributed by atoms with Gasteiger partial charge in [0.05, 0.1) is 0 Å². The van der Waals surface area contributed by atoms with Gasteiger partial charge in [0.15, 0.2) is 0 Å². The first-order valence-electron chi connectivity index (χ1n) is 8.55. The maximum atomic E-state index is 12.9. The van der Waals surface area contributed by atoms with Crippen molar-refractivity contribution in [1.29, 1.82) is 5.26 Å². The Hall–Kier alpha value is -3.60. The van der Waals surface area contributed by atoms with E-state index in [0.717, 1.165) is 0 Å². The van der Waals surface area contributed by atoms with Crippen LogP contribution in [0, 0.1) is 25.2 Å². The normalized spacial score (nSPS) is 16.4. The van der Waals surface area contributed by atoms with Crippen LogP contribution in [0.5, 0.6) is 0 Å². The molecule has 8 heteroatoms. The number of hydrogen-bond acceptors (Lipinski definition) is 6. The quantitative estimate of drug-likeness (QED) is 0.867. The molecule has 2 heterocycles. The lowest BCUT2D eigenvalue weighted by Gasteiger charge is -2.32. The summed E-state index contributed by atoms with van der Waals surface area (Å²) in [7, 11) is 0. The minimum absolute atomic E-state index is 0.0511. The number of nitriles is 1. The molecule has 0 aliphatic carbocycles. The fourth-order valence-electron chi connectivity index (χ4n) is 3.06. The van der Waals surface area contributed by atoms with Crippen molar-refractivity contribution >= 4 is 12.0 Å². The zero-order valence-electron chi connectivity index (χ0n) is 15.3. The maximum Gasteiger partial charge on any atom is 0.337 e. The summed E-state index contributed by atoms with van der Waals surface area (Å²) in [6.45, 7) is 5.78. The van der Waals surface area contributed by atoms with E-state index in [1.54, 1.807) is 39.0 Å². The largest absolute Gasteiger partial charge is 0.492 e. The van der Waals surface area contributed by atoms with Gasteiger partial charge in [0.1, 0.15) is 17.7 Å². The van der Waals surface area contributed by atoms with Crippen molar-refractivity contribution in [3.63, 3.8) is 0 Å². The van der Waals surface area contributed by atoms with Crippen LogP contribution in [0.3, 0.4) is 0 Å². The zero-order chi connectivity index (χ0) is 19.6. The second kappa shape index (κ2) is 7.33. The lowest BCUT2D eigenvalue weighted by atomic mass is 10.0. The van der Waals surface area contributed by atoms with E-state index in [0.29, 0.717) is 23.5 Å². The number of hydrogen-bond donors (Lipinski definition) is 2. The number of aromatic nitrogens is 2. The lowest BCUT2D eigenvalue weighted by Crippen LogP contribution is -2.49. The highest BCUT2D eigenvalue weighted by atomic mass is 16.3. The van der Waals surface area contributed by atoms with E-state index in [9.17, 15) is 15.2 Å². The van der Waals surface area contributed by atoms with Crippen LogP contribution in [0.15, 0.2) is 47.9 Å². The first-order chi connectivity index (χ1) is 13.0. The van der Waals surface area contributed by atoms with Crippen LogP contribution in [-0.2, 0) is 0 Å². The molecule has 1 aromatic carbocycles. The van der Waals surface area contributed by atoms with Crippen LogP contribution in [0.2, 0.25) is 0 Å². The molecule has 0 saturated carbocycles. The standard InChI is InChI=1S/C19H20N6O2/c1-4-21-19(27)24-16(14-8-6-5-7-9-14)15(11-20)17(26)25(24)18-22-12(2)10-13(3)23-18/h5-10,16,26H,4H2,1-3H3,(H,21,27)/t16-/m0/s1. The van der Waals surface area contributed by atoms with Crippen LogP contribution < -0.4 is 10.3 Å². The van der Waals surface area contributed by atoms with E-state index in [4.69, 9.17) is 0 Å². The van der Waals surface area contributed by atoms with Gasteiger partial charge in [-0.15, -0.1) is 0 Å². The Morgan fingerprint density at radius 1 is 1.26 bits per heavy atom. The fraction of sp³-hybridized carbons (Fsp3) is 0.263. The summed E-state index contributed by atoms with van der Waals surface area (Å²) >= 11 is 0. The second-order valence-corrected chi connectivity index (χ2v) is 6.10. The molecular weight excluding hydrogens is 344 g/mol. The molecule has 0 bridgehead atoms. The Kier molecular flexibility index (Phi) is 4.94. The Balaban J connectivity index is 2.20. The molecule has 8 nitrogen and oxygen atoms in total. The molecule has 27 heavy (non-hydrogen) atoms. The number of carbonyl (C=O) groups is 1. The molecule has 2 amide bonds. The van der Waals surface area contributed by atoms with E-state index in [1.165, 1.54) is 10.0 Å². The smallest absolute Gasteiger partial charge is 0.337 e. The number of aliphatic hydroxyl groups excluding tert-OH is 1. The monoisotopic (exact) mass is 364 g/mol. The van der Waals surface area contributed by atoms with Gasteiger partial charge in [0.25, 0.3) is 5.95 Å². The molecular formula is C19H20N6O2. The number of nitrogens with one attached hydrogen (secondary N) is 1. The van der Waals surface area contributed by atoms with Gasteiger partial charge >= 0.3 is 6.03 Å². The average molecular weight is 364 g/mol. The van der Waals surface area contributed by atoms with Crippen LogP contribution in [-0.4, -0.2) is 32.7 Å². The van der Waals surface area contributed by atoms with E-state index in [1.807, 2.05) is 24.3 Å². The highest BCUT2D eigenvalue weighted by Gasteiger charge is 2.45. The van der Waals surface area contributed by atoms with E-state index >= 15 is 0 Å². The van der Waals surface area contributed by atoms with Gasteiger partial charge in [-0.2, -0.15) is 10.3 Å². The summed E-state index contributed by atoms with van der Waals surface area (Å²) in [6, 6.07) is 11.6. The number of aliphatic hydroxyl groups is 1. The average Bonchev–Trinajstić information content (AvgIpc) is 2.94. The van der Waals surface area contributed by atoms with Crippen molar-refractivity contribution in [2.24, 2.45) is 0 Å².